The molecule has 0 bridgehead atoms. The Labute approximate surface area is 484 Å². The second-order valence-electron chi connectivity index (χ2n) is 21.4. The minimum Gasteiger partial charge on any atom is -0.497 e. The van der Waals surface area contributed by atoms with Crippen molar-refractivity contribution in [3.63, 3.8) is 0 Å². The summed E-state index contributed by atoms with van der Waals surface area (Å²) in [5, 5.41) is 28.0. The van der Waals surface area contributed by atoms with Gasteiger partial charge in [-0.05, 0) is 103 Å². The van der Waals surface area contributed by atoms with Gasteiger partial charge in [0.25, 0.3) is 0 Å². The molecule has 11 rings (SSSR count). The summed E-state index contributed by atoms with van der Waals surface area (Å²) in [4.78, 5) is 53.7. The number of amides is 3. The lowest BCUT2D eigenvalue weighted by Gasteiger charge is -2.22. The zero-order valence-electron chi connectivity index (χ0n) is 47.8. The van der Waals surface area contributed by atoms with Gasteiger partial charge in [-0.25, -0.2) is 4.68 Å². The number of carboxylic acid groups (broad SMARTS) is 1. The van der Waals surface area contributed by atoms with E-state index in [0.29, 0.717) is 61.3 Å². The molecule has 17 nitrogen and oxygen atoms in total. The van der Waals surface area contributed by atoms with Gasteiger partial charge in [-0.1, -0.05) is 99.5 Å². The molecule has 4 fully saturated rings. The van der Waals surface area contributed by atoms with Gasteiger partial charge in [-0.3, -0.25) is 24.6 Å². The van der Waals surface area contributed by atoms with Crippen LogP contribution in [0.2, 0.25) is 0 Å². The minimum atomic E-state index is -0.870. The maximum absolute atomic E-state index is 13.7. The standard InChI is InChI=1S/C33H34N4O4.C18H21N3.C15H17NO5/c1-4-9-22-10-8-11-23(16-22)28-18-30(35-37(28)25-12-6-5-7-13-25)34-32(39)33-19-27(33)31(38)36(21-33)20-24-14-15-26(40-2)17-29(24)41-3;1-2-7-14-8-6-9-15(12-14)17(13-18(19)20)21-16-10-4-3-5-11-16;1-20-10-4-3-9(12(5-10)21-2)7-16-8-15(14(18)19)6-11(15)13(16)17/h5-8,10-18,27H,4,9,19-21H2,1-3H3,(H,34,35,39);3-6,8-13,21H,2,7H2,1H3,(H3,19,20);3-5,11H,6-8H2,1-2H3,(H,18,19)/b;17-13-;. The van der Waals surface area contributed by atoms with Crippen LogP contribution in [0.3, 0.4) is 0 Å². The number of nitrogens with two attached hydrogens (primary N) is 1. The van der Waals surface area contributed by atoms with E-state index in [4.69, 9.17) is 35.2 Å². The molecule has 4 aliphatic rings. The van der Waals surface area contributed by atoms with Gasteiger partial charge < -0.3 is 50.2 Å². The number of para-hydroxylation sites is 2. The molecule has 0 radical (unpaired) electrons. The molecular weight excluding hydrogens is 1050 g/mol. The Morgan fingerprint density at radius 3 is 1.75 bits per heavy atom. The van der Waals surface area contributed by atoms with Crippen LogP contribution in [0.25, 0.3) is 22.6 Å². The first kappa shape index (κ1) is 58.3. The number of hydrogen-bond donors (Lipinski definition) is 5. The van der Waals surface area contributed by atoms with Gasteiger partial charge in [0.05, 0.1) is 62.5 Å². The van der Waals surface area contributed by atoms with Crippen molar-refractivity contribution in [3.8, 4) is 39.9 Å². The highest BCUT2D eigenvalue weighted by Crippen LogP contribution is 2.60. The van der Waals surface area contributed by atoms with E-state index in [9.17, 15) is 24.3 Å². The molecule has 0 spiro atoms. The summed E-state index contributed by atoms with van der Waals surface area (Å²) in [5.41, 5.74) is 13.9. The third-order valence-electron chi connectivity index (χ3n) is 15.7. The van der Waals surface area contributed by atoms with Crippen molar-refractivity contribution in [1.29, 1.82) is 5.41 Å². The number of aryl methyl sites for hydroxylation is 2. The number of fused-ring (bicyclic) bond motifs is 2. The highest BCUT2D eigenvalue weighted by Gasteiger charge is 2.71. The van der Waals surface area contributed by atoms with Crippen LogP contribution >= 0.6 is 0 Å². The SMILES string of the molecule is CCCc1cccc(-c2cc(NC(=O)C34CC3C(=O)N(Cc3ccc(OC)cc3OC)C4)nn2-c2ccccc2)c1.CCCc1cccc(/C(=C/C(=N)N)Nc2ccccc2)c1.COc1ccc(CN2CC3(C(=O)O)CC3C2=O)c(OC)c1. The summed E-state index contributed by atoms with van der Waals surface area (Å²) in [6, 6.07) is 49.4. The van der Waals surface area contributed by atoms with Crippen LogP contribution in [0.15, 0.2) is 158 Å². The number of methoxy groups -OCH3 is 4. The van der Waals surface area contributed by atoms with Crippen molar-refractivity contribution in [3.05, 3.63) is 186 Å². The molecule has 430 valence electrons. The first-order valence-corrected chi connectivity index (χ1v) is 27.9. The predicted molar refractivity (Wildman–Crippen MR) is 321 cm³/mol. The monoisotopic (exact) mass is 1120 g/mol. The van der Waals surface area contributed by atoms with E-state index in [-0.39, 0.29) is 41.9 Å². The number of piperidine rings is 2. The molecular formula is C66H72N8O9. The Balaban J connectivity index is 0.000000166. The summed E-state index contributed by atoms with van der Waals surface area (Å²) >= 11 is 0. The number of likely N-dealkylation sites (tertiary alicyclic amines) is 2. The molecule has 2 saturated heterocycles. The van der Waals surface area contributed by atoms with E-state index >= 15 is 0 Å². The molecule has 1 aromatic heterocycles. The number of nitrogens with zero attached hydrogens (tertiary/aromatic N) is 4. The number of benzene rings is 6. The molecule has 2 aliphatic carbocycles. The number of anilines is 2. The number of carbonyl (C=O) groups excluding carboxylic acids is 3. The van der Waals surface area contributed by atoms with Gasteiger partial charge >= 0.3 is 5.97 Å². The van der Waals surface area contributed by atoms with Gasteiger partial charge in [0.1, 0.15) is 28.8 Å². The number of hydrogen-bond acceptors (Lipinski definition) is 11. The first-order chi connectivity index (χ1) is 40.1. The molecule has 6 N–H and O–H groups in total. The van der Waals surface area contributed by atoms with Crippen LogP contribution in [0.5, 0.6) is 23.0 Å². The summed E-state index contributed by atoms with van der Waals surface area (Å²) < 4.78 is 23.1. The Hall–Kier alpha value is -9.38. The maximum atomic E-state index is 13.7. The van der Waals surface area contributed by atoms with E-state index in [1.807, 2.05) is 102 Å². The lowest BCUT2D eigenvalue weighted by atomic mass is 10.0. The molecule has 2 aliphatic heterocycles. The van der Waals surface area contributed by atoms with Crippen LogP contribution in [0.4, 0.5) is 11.5 Å². The fourth-order valence-corrected chi connectivity index (χ4v) is 11.2. The second kappa shape index (κ2) is 25.6. The molecule has 2 saturated carbocycles. The third kappa shape index (κ3) is 13.0. The maximum Gasteiger partial charge on any atom is 0.312 e. The molecule has 6 aromatic carbocycles. The molecule has 3 amide bonds. The highest BCUT2D eigenvalue weighted by molar-refractivity contribution is 6.05. The first-order valence-electron chi connectivity index (χ1n) is 27.9. The Morgan fingerprint density at radius 1 is 0.663 bits per heavy atom. The second-order valence-corrected chi connectivity index (χ2v) is 21.4. The fourth-order valence-electron chi connectivity index (χ4n) is 11.2. The van der Waals surface area contributed by atoms with Crippen molar-refractivity contribution in [2.24, 2.45) is 28.4 Å². The van der Waals surface area contributed by atoms with E-state index < -0.39 is 16.8 Å². The molecule has 4 atom stereocenters. The topological polar surface area (TPSA) is 224 Å². The average Bonchev–Trinajstić information content (AvgIpc) is 2.15. The van der Waals surface area contributed by atoms with Crippen LogP contribution in [-0.4, -0.2) is 95.7 Å². The molecule has 4 unspecified atom stereocenters. The number of nitrogens with one attached hydrogen (secondary N) is 3. The van der Waals surface area contributed by atoms with E-state index in [0.717, 1.165) is 70.7 Å². The molecule has 83 heavy (non-hydrogen) atoms. The van der Waals surface area contributed by atoms with E-state index in [1.165, 1.54) is 11.1 Å². The van der Waals surface area contributed by atoms with Gasteiger partial charge in [0.2, 0.25) is 17.7 Å². The minimum absolute atomic E-state index is 0.00117. The lowest BCUT2D eigenvalue weighted by Crippen LogP contribution is -2.33. The van der Waals surface area contributed by atoms with Gasteiger partial charge in [0, 0.05) is 78.5 Å². The molecule has 3 heterocycles. The van der Waals surface area contributed by atoms with Gasteiger partial charge in [-0.15, -0.1) is 5.10 Å². The molecule has 17 heteroatoms. The Bertz CT molecular complexity index is 3530. The van der Waals surface area contributed by atoms with Crippen molar-refractivity contribution < 1.29 is 43.2 Å². The van der Waals surface area contributed by atoms with Crippen LogP contribution in [0.1, 0.15) is 67.3 Å². The number of ether oxygens (including phenoxy) is 4. The van der Waals surface area contributed by atoms with Crippen LogP contribution in [-0.2, 0) is 45.1 Å². The number of carboxylic acids is 1. The van der Waals surface area contributed by atoms with Crippen molar-refractivity contribution >= 4 is 46.7 Å². The largest absolute Gasteiger partial charge is 0.497 e. The number of amidine groups is 1. The van der Waals surface area contributed by atoms with E-state index in [2.05, 4.69) is 60.9 Å². The van der Waals surface area contributed by atoms with Crippen molar-refractivity contribution in [1.82, 2.24) is 19.6 Å². The van der Waals surface area contributed by atoms with E-state index in [1.54, 1.807) is 62.5 Å². The number of aromatic nitrogens is 2. The van der Waals surface area contributed by atoms with Gasteiger partial charge in [0.15, 0.2) is 5.82 Å². The van der Waals surface area contributed by atoms with Crippen LogP contribution in [0, 0.1) is 28.1 Å². The number of carbonyl (C=O) groups is 4. The predicted octanol–water partition coefficient (Wildman–Crippen LogP) is 10.7. The van der Waals surface area contributed by atoms with Crippen molar-refractivity contribution in [2.75, 3.05) is 52.2 Å². The van der Waals surface area contributed by atoms with Gasteiger partial charge in [-0.2, -0.15) is 0 Å². The average molecular weight is 1120 g/mol. The smallest absolute Gasteiger partial charge is 0.312 e. The zero-order valence-corrected chi connectivity index (χ0v) is 47.8. The van der Waals surface area contributed by atoms with Crippen LogP contribution < -0.4 is 35.3 Å². The summed E-state index contributed by atoms with van der Waals surface area (Å²) in [6.07, 6.45) is 6.89. The zero-order chi connectivity index (χ0) is 58.8. The third-order valence-corrected chi connectivity index (χ3v) is 15.7. The highest BCUT2D eigenvalue weighted by atomic mass is 16.5. The fraction of sp³-hybridized carbons (Fsp3) is 0.303. The summed E-state index contributed by atoms with van der Waals surface area (Å²) in [6.45, 7) is 5.71. The summed E-state index contributed by atoms with van der Waals surface area (Å²) in [7, 11) is 6.33. The Morgan fingerprint density at radius 2 is 1.20 bits per heavy atom. The Kier molecular flexibility index (Phi) is 18.0. The number of rotatable bonds is 21. The van der Waals surface area contributed by atoms with Crippen molar-refractivity contribution in [2.45, 2.75) is 65.5 Å². The lowest BCUT2D eigenvalue weighted by molar-refractivity contribution is -0.143. The number of aliphatic carboxylic acids is 1. The molecule has 7 aromatic rings. The quantitative estimate of drug-likeness (QED) is 0.0335. The summed E-state index contributed by atoms with van der Waals surface area (Å²) in [5.74, 6) is 1.38. The normalized spacial score (nSPS) is 19.0.